The number of hydrogen-bond donors (Lipinski definition) is 2. The van der Waals surface area contributed by atoms with Crippen LogP contribution in [0.1, 0.15) is 57.4 Å². The van der Waals surface area contributed by atoms with E-state index in [-0.39, 0.29) is 17.8 Å². The zero-order valence-electron chi connectivity index (χ0n) is 16.8. The van der Waals surface area contributed by atoms with E-state index < -0.39 is 23.8 Å². The lowest BCUT2D eigenvalue weighted by Crippen LogP contribution is -2.27. The van der Waals surface area contributed by atoms with Gasteiger partial charge in [-0.15, -0.1) is 0 Å². The Morgan fingerprint density at radius 3 is 2.18 bits per heavy atom. The molecule has 152 valence electrons. The van der Waals surface area contributed by atoms with Crippen LogP contribution in [0.5, 0.6) is 0 Å². The summed E-state index contributed by atoms with van der Waals surface area (Å²) in [5.74, 6) is -2.08. The molecule has 2 rings (SSSR count). The normalized spacial score (nSPS) is 20.3. The molecule has 0 saturated heterocycles. The molecule has 0 aliphatic heterocycles. The van der Waals surface area contributed by atoms with Crippen molar-refractivity contribution in [3.8, 4) is 0 Å². The molecule has 4 nitrogen and oxygen atoms in total. The third-order valence-electron chi connectivity index (χ3n) is 5.99. The van der Waals surface area contributed by atoms with Crippen LogP contribution in [0.2, 0.25) is 0 Å². The summed E-state index contributed by atoms with van der Waals surface area (Å²) in [4.78, 5) is 23.6. The van der Waals surface area contributed by atoms with Gasteiger partial charge in [0.2, 0.25) is 0 Å². The van der Waals surface area contributed by atoms with Crippen LogP contribution in [0.15, 0.2) is 54.6 Å². The molecule has 0 aromatic heterocycles. The smallest absolute Gasteiger partial charge is 0.306 e. The number of benzene rings is 1. The second kappa shape index (κ2) is 10.8. The van der Waals surface area contributed by atoms with Gasteiger partial charge < -0.3 is 10.2 Å². The number of carbonyl (C=O) groups is 2. The highest BCUT2D eigenvalue weighted by molar-refractivity contribution is 5.70. The molecule has 2 N–H and O–H groups in total. The summed E-state index contributed by atoms with van der Waals surface area (Å²) in [6.07, 6.45) is 11.2. The van der Waals surface area contributed by atoms with Crippen molar-refractivity contribution >= 4 is 11.9 Å². The molecule has 1 aliphatic rings. The van der Waals surface area contributed by atoms with Gasteiger partial charge in [-0.05, 0) is 55.4 Å². The van der Waals surface area contributed by atoms with Gasteiger partial charge in [-0.2, -0.15) is 0 Å². The monoisotopic (exact) mass is 384 g/mol. The first kappa shape index (κ1) is 21.9. The van der Waals surface area contributed by atoms with Crippen LogP contribution in [0, 0.1) is 23.7 Å². The van der Waals surface area contributed by atoms with Crippen molar-refractivity contribution in [2.45, 2.75) is 51.9 Å². The average Bonchev–Trinajstić information content (AvgIpc) is 2.71. The molecule has 5 unspecified atom stereocenters. The van der Waals surface area contributed by atoms with Crippen LogP contribution in [0.4, 0.5) is 0 Å². The molecule has 0 heterocycles. The Labute approximate surface area is 168 Å². The fourth-order valence-corrected chi connectivity index (χ4v) is 4.21. The molecule has 0 fully saturated rings. The maximum atomic E-state index is 12.0. The first-order chi connectivity index (χ1) is 13.4. The predicted octanol–water partition coefficient (Wildman–Crippen LogP) is 5.52. The zero-order valence-corrected chi connectivity index (χ0v) is 16.8. The lowest BCUT2D eigenvalue weighted by Gasteiger charge is -2.30. The molecular formula is C24H32O4. The molecule has 5 atom stereocenters. The van der Waals surface area contributed by atoms with Crippen LogP contribution in [0.25, 0.3) is 0 Å². The van der Waals surface area contributed by atoms with E-state index in [2.05, 4.69) is 19.1 Å². The van der Waals surface area contributed by atoms with Gasteiger partial charge in [0.05, 0.1) is 11.8 Å². The number of carboxylic acids is 2. The van der Waals surface area contributed by atoms with Crippen LogP contribution in [-0.2, 0) is 9.59 Å². The van der Waals surface area contributed by atoms with Crippen molar-refractivity contribution in [2.24, 2.45) is 23.7 Å². The minimum atomic E-state index is -0.786. The second-order valence-electron chi connectivity index (χ2n) is 7.97. The maximum absolute atomic E-state index is 12.0. The van der Waals surface area contributed by atoms with E-state index in [1.165, 1.54) is 0 Å². The van der Waals surface area contributed by atoms with Crippen molar-refractivity contribution in [3.05, 3.63) is 60.2 Å². The van der Waals surface area contributed by atoms with Crippen LogP contribution >= 0.6 is 0 Å². The Morgan fingerprint density at radius 2 is 1.64 bits per heavy atom. The summed E-state index contributed by atoms with van der Waals surface area (Å²) in [6, 6.07) is 9.98. The first-order valence-electron chi connectivity index (χ1n) is 10.3. The quantitative estimate of drug-likeness (QED) is 0.527. The van der Waals surface area contributed by atoms with Gasteiger partial charge in [-0.1, -0.05) is 68.5 Å². The molecule has 4 heteroatoms. The summed E-state index contributed by atoms with van der Waals surface area (Å²) in [7, 11) is 0. The van der Waals surface area contributed by atoms with E-state index in [1.807, 2.05) is 49.4 Å². The molecule has 1 aromatic rings. The molecular weight excluding hydrogens is 352 g/mol. The van der Waals surface area contributed by atoms with Crippen molar-refractivity contribution < 1.29 is 19.8 Å². The predicted molar refractivity (Wildman–Crippen MR) is 111 cm³/mol. The first-order valence-corrected chi connectivity index (χ1v) is 10.3. The summed E-state index contributed by atoms with van der Waals surface area (Å²) in [6.45, 7) is 3.95. The lowest BCUT2D eigenvalue weighted by atomic mass is 9.74. The zero-order chi connectivity index (χ0) is 20.5. The molecule has 0 radical (unpaired) electrons. The maximum Gasteiger partial charge on any atom is 0.306 e. The molecule has 0 bridgehead atoms. The number of allylic oxidation sites excluding steroid dienone is 4. The van der Waals surface area contributed by atoms with Gasteiger partial charge in [0, 0.05) is 0 Å². The van der Waals surface area contributed by atoms with Crippen LogP contribution < -0.4 is 0 Å². The van der Waals surface area contributed by atoms with Crippen molar-refractivity contribution in [1.29, 1.82) is 0 Å². The third kappa shape index (κ3) is 6.36. The van der Waals surface area contributed by atoms with Gasteiger partial charge in [-0.25, -0.2) is 0 Å². The van der Waals surface area contributed by atoms with Gasteiger partial charge in [0.1, 0.15) is 0 Å². The summed E-state index contributed by atoms with van der Waals surface area (Å²) < 4.78 is 0. The number of aliphatic carboxylic acids is 2. The van der Waals surface area contributed by atoms with Gasteiger partial charge >= 0.3 is 11.9 Å². The fourth-order valence-electron chi connectivity index (χ4n) is 4.21. The van der Waals surface area contributed by atoms with E-state index in [0.717, 1.165) is 12.0 Å². The van der Waals surface area contributed by atoms with E-state index in [9.17, 15) is 19.8 Å². The van der Waals surface area contributed by atoms with Gasteiger partial charge in [-0.3, -0.25) is 9.59 Å². The molecule has 0 amide bonds. The standard InChI is InChI=1S/C24H32O4/c1-3-18(23(25)26)15-21(20-12-8-5-9-13-20)16-22(24(27)28)14-17(2)19-10-6-4-7-11-19/h4-12,17-18,20-22H,3,13-16H2,1-2H3,(H,25,26)(H,27,28). The average molecular weight is 385 g/mol. The molecule has 0 saturated carbocycles. The second-order valence-corrected chi connectivity index (χ2v) is 7.97. The minimum absolute atomic E-state index is 0.0475. The Balaban J connectivity index is 2.15. The number of carboxylic acid groups (broad SMARTS) is 2. The van der Waals surface area contributed by atoms with E-state index >= 15 is 0 Å². The Bertz CT molecular complexity index is 692. The Hall–Kier alpha value is -2.36. The van der Waals surface area contributed by atoms with Crippen LogP contribution in [0.3, 0.4) is 0 Å². The number of hydrogen-bond acceptors (Lipinski definition) is 2. The molecule has 1 aliphatic carbocycles. The Morgan fingerprint density at radius 1 is 1.00 bits per heavy atom. The summed E-state index contributed by atoms with van der Waals surface area (Å²) in [5, 5.41) is 19.4. The minimum Gasteiger partial charge on any atom is -0.481 e. The van der Waals surface area contributed by atoms with Crippen LogP contribution in [-0.4, -0.2) is 22.2 Å². The fraction of sp³-hybridized carbons (Fsp3) is 0.500. The van der Waals surface area contributed by atoms with Crippen molar-refractivity contribution in [2.75, 3.05) is 0 Å². The van der Waals surface area contributed by atoms with E-state index in [4.69, 9.17) is 0 Å². The van der Waals surface area contributed by atoms with E-state index in [0.29, 0.717) is 25.7 Å². The summed E-state index contributed by atoms with van der Waals surface area (Å²) >= 11 is 0. The van der Waals surface area contributed by atoms with Gasteiger partial charge in [0.25, 0.3) is 0 Å². The topological polar surface area (TPSA) is 74.6 Å². The number of rotatable bonds is 11. The molecule has 28 heavy (non-hydrogen) atoms. The summed E-state index contributed by atoms with van der Waals surface area (Å²) in [5.41, 5.74) is 1.14. The third-order valence-corrected chi connectivity index (χ3v) is 5.99. The molecule has 0 spiro atoms. The Kier molecular flexibility index (Phi) is 8.49. The highest BCUT2D eigenvalue weighted by Crippen LogP contribution is 2.36. The SMILES string of the molecule is CCC(CC(CC(CC(C)c1ccccc1)C(=O)O)C1C=CC=CC1)C(=O)O. The largest absolute Gasteiger partial charge is 0.481 e. The highest BCUT2D eigenvalue weighted by Gasteiger charge is 2.31. The lowest BCUT2D eigenvalue weighted by molar-refractivity contribution is -0.143. The van der Waals surface area contributed by atoms with Crippen molar-refractivity contribution in [1.82, 2.24) is 0 Å². The molecule has 1 aromatic carbocycles. The van der Waals surface area contributed by atoms with E-state index in [1.54, 1.807) is 0 Å². The van der Waals surface area contributed by atoms with Crippen molar-refractivity contribution in [3.63, 3.8) is 0 Å². The highest BCUT2D eigenvalue weighted by atomic mass is 16.4. The van der Waals surface area contributed by atoms with Gasteiger partial charge in [0.15, 0.2) is 0 Å².